The van der Waals surface area contributed by atoms with E-state index in [0.717, 1.165) is 4.90 Å². The van der Waals surface area contributed by atoms with Crippen molar-refractivity contribution in [3.05, 3.63) is 28.5 Å². The summed E-state index contributed by atoms with van der Waals surface area (Å²) in [5.74, 6) is -0.202. The van der Waals surface area contributed by atoms with Crippen molar-refractivity contribution in [2.45, 2.75) is 4.90 Å². The Balaban J connectivity index is 3.14. The van der Waals surface area contributed by atoms with Gasteiger partial charge in [-0.3, -0.25) is 0 Å². The standard InChI is InChI=1S/C7H6BrFS/c1-10-6-4-2-3-5(9)7(6)8/h2-4H,1H3. The van der Waals surface area contributed by atoms with Gasteiger partial charge in [-0.2, -0.15) is 0 Å². The van der Waals surface area contributed by atoms with E-state index in [1.165, 1.54) is 17.8 Å². The zero-order chi connectivity index (χ0) is 7.56. The molecule has 0 N–H and O–H groups in total. The van der Waals surface area contributed by atoms with Crippen molar-refractivity contribution < 1.29 is 4.39 Å². The maximum absolute atomic E-state index is 12.7. The van der Waals surface area contributed by atoms with Crippen LogP contribution in [0.1, 0.15) is 0 Å². The number of thioether (sulfide) groups is 1. The second-order valence-electron chi connectivity index (χ2n) is 1.76. The molecule has 1 aromatic rings. The summed E-state index contributed by atoms with van der Waals surface area (Å²) in [6.45, 7) is 0. The molecule has 10 heavy (non-hydrogen) atoms. The van der Waals surface area contributed by atoms with Crippen molar-refractivity contribution in [2.24, 2.45) is 0 Å². The molecule has 0 aliphatic rings. The molecule has 0 aromatic heterocycles. The zero-order valence-electron chi connectivity index (χ0n) is 5.40. The van der Waals surface area contributed by atoms with Crippen molar-refractivity contribution in [3.8, 4) is 0 Å². The Hall–Kier alpha value is -0.0200. The van der Waals surface area contributed by atoms with Crippen LogP contribution in [-0.2, 0) is 0 Å². The van der Waals surface area contributed by atoms with Crippen LogP contribution in [0, 0.1) is 5.82 Å². The Morgan fingerprint density at radius 2 is 2.20 bits per heavy atom. The number of benzene rings is 1. The molecule has 0 nitrogen and oxygen atoms in total. The molecule has 1 rings (SSSR count). The van der Waals surface area contributed by atoms with Gasteiger partial charge in [0.15, 0.2) is 0 Å². The molecule has 0 atom stereocenters. The van der Waals surface area contributed by atoms with E-state index in [4.69, 9.17) is 0 Å². The van der Waals surface area contributed by atoms with Gasteiger partial charge < -0.3 is 0 Å². The van der Waals surface area contributed by atoms with Gasteiger partial charge in [0.1, 0.15) is 5.82 Å². The maximum Gasteiger partial charge on any atom is 0.138 e. The van der Waals surface area contributed by atoms with Gasteiger partial charge >= 0.3 is 0 Å². The van der Waals surface area contributed by atoms with E-state index in [1.54, 1.807) is 6.07 Å². The van der Waals surface area contributed by atoms with Crippen LogP contribution in [0.3, 0.4) is 0 Å². The van der Waals surface area contributed by atoms with Gasteiger partial charge in [0.25, 0.3) is 0 Å². The van der Waals surface area contributed by atoms with E-state index in [0.29, 0.717) is 4.47 Å². The second-order valence-corrected chi connectivity index (χ2v) is 3.40. The van der Waals surface area contributed by atoms with Crippen molar-refractivity contribution in [1.29, 1.82) is 0 Å². The first-order valence-corrected chi connectivity index (χ1v) is 4.75. The summed E-state index contributed by atoms with van der Waals surface area (Å²) < 4.78 is 13.3. The van der Waals surface area contributed by atoms with E-state index >= 15 is 0 Å². The first-order chi connectivity index (χ1) is 4.75. The van der Waals surface area contributed by atoms with Crippen molar-refractivity contribution >= 4 is 27.7 Å². The number of hydrogen-bond acceptors (Lipinski definition) is 1. The van der Waals surface area contributed by atoms with E-state index in [9.17, 15) is 4.39 Å². The minimum absolute atomic E-state index is 0.202. The Kier molecular flexibility index (Phi) is 2.74. The summed E-state index contributed by atoms with van der Waals surface area (Å²) in [7, 11) is 0. The summed E-state index contributed by atoms with van der Waals surface area (Å²) in [6, 6.07) is 5.01. The molecule has 0 amide bonds. The lowest BCUT2D eigenvalue weighted by Gasteiger charge is -1.99. The van der Waals surface area contributed by atoms with Gasteiger partial charge in [-0.05, 0) is 34.3 Å². The SMILES string of the molecule is CSc1cccc(F)c1Br. The third kappa shape index (κ3) is 1.52. The molecule has 0 saturated carbocycles. The fourth-order valence-corrected chi connectivity index (χ4v) is 1.88. The highest BCUT2D eigenvalue weighted by atomic mass is 79.9. The average molecular weight is 221 g/mol. The Morgan fingerprint density at radius 1 is 1.50 bits per heavy atom. The van der Waals surface area contributed by atoms with E-state index in [1.807, 2.05) is 12.3 Å². The largest absolute Gasteiger partial charge is 0.206 e. The third-order valence-electron chi connectivity index (χ3n) is 1.14. The first-order valence-electron chi connectivity index (χ1n) is 2.73. The third-order valence-corrected chi connectivity index (χ3v) is 2.98. The van der Waals surface area contributed by atoms with E-state index in [2.05, 4.69) is 15.9 Å². The molecule has 1 aromatic carbocycles. The van der Waals surface area contributed by atoms with Crippen LogP contribution < -0.4 is 0 Å². The summed E-state index contributed by atoms with van der Waals surface area (Å²) in [6.07, 6.45) is 1.92. The number of hydrogen-bond donors (Lipinski definition) is 0. The van der Waals surface area contributed by atoms with Crippen LogP contribution in [-0.4, -0.2) is 6.26 Å². The van der Waals surface area contributed by atoms with Crippen molar-refractivity contribution in [1.82, 2.24) is 0 Å². The molecule has 54 valence electrons. The maximum atomic E-state index is 12.7. The van der Waals surface area contributed by atoms with Crippen LogP contribution in [0.5, 0.6) is 0 Å². The highest BCUT2D eigenvalue weighted by Gasteiger charge is 2.01. The molecule has 0 heterocycles. The number of rotatable bonds is 1. The van der Waals surface area contributed by atoms with Gasteiger partial charge in [0.05, 0.1) is 4.47 Å². The normalized spacial score (nSPS) is 9.90. The van der Waals surface area contributed by atoms with E-state index < -0.39 is 0 Å². The molecule has 0 spiro atoms. The smallest absolute Gasteiger partial charge is 0.138 e. The molecular weight excluding hydrogens is 215 g/mol. The molecule has 0 unspecified atom stereocenters. The van der Waals surface area contributed by atoms with Gasteiger partial charge in [0, 0.05) is 4.90 Å². The minimum atomic E-state index is -0.202. The summed E-state index contributed by atoms with van der Waals surface area (Å²) in [4.78, 5) is 0.931. The molecular formula is C7H6BrFS. The molecule has 0 aliphatic heterocycles. The monoisotopic (exact) mass is 220 g/mol. The first kappa shape index (κ1) is 8.08. The second kappa shape index (κ2) is 3.39. The highest BCUT2D eigenvalue weighted by Crippen LogP contribution is 2.27. The summed E-state index contributed by atoms with van der Waals surface area (Å²) in [5.41, 5.74) is 0. The fourth-order valence-electron chi connectivity index (χ4n) is 0.642. The Morgan fingerprint density at radius 3 is 2.70 bits per heavy atom. The minimum Gasteiger partial charge on any atom is -0.206 e. The zero-order valence-corrected chi connectivity index (χ0v) is 7.80. The highest BCUT2D eigenvalue weighted by molar-refractivity contribution is 9.10. The lowest BCUT2D eigenvalue weighted by Crippen LogP contribution is -1.78. The van der Waals surface area contributed by atoms with Crippen LogP contribution in [0.15, 0.2) is 27.6 Å². The average Bonchev–Trinajstić information content (AvgIpc) is 1.95. The lowest BCUT2D eigenvalue weighted by atomic mass is 10.3. The van der Waals surface area contributed by atoms with Crippen LogP contribution in [0.25, 0.3) is 0 Å². The van der Waals surface area contributed by atoms with Gasteiger partial charge in [-0.1, -0.05) is 6.07 Å². The molecule has 0 radical (unpaired) electrons. The van der Waals surface area contributed by atoms with Crippen LogP contribution in [0.2, 0.25) is 0 Å². The summed E-state index contributed by atoms with van der Waals surface area (Å²) in [5, 5.41) is 0. The molecule has 0 fully saturated rings. The molecule has 0 saturated heterocycles. The predicted molar refractivity (Wildman–Crippen MR) is 45.9 cm³/mol. The summed E-state index contributed by atoms with van der Waals surface area (Å²) >= 11 is 4.67. The van der Waals surface area contributed by atoms with Crippen molar-refractivity contribution in [3.63, 3.8) is 0 Å². The Bertz CT molecular complexity index is 237. The molecule has 0 bridgehead atoms. The Labute approximate surface area is 72.0 Å². The van der Waals surface area contributed by atoms with Crippen LogP contribution >= 0.6 is 27.7 Å². The quantitative estimate of drug-likeness (QED) is 0.655. The predicted octanol–water partition coefficient (Wildman–Crippen LogP) is 3.31. The molecule has 3 heteroatoms. The van der Waals surface area contributed by atoms with Crippen molar-refractivity contribution in [2.75, 3.05) is 6.26 Å². The lowest BCUT2D eigenvalue weighted by molar-refractivity contribution is 0.616. The van der Waals surface area contributed by atoms with Crippen LogP contribution in [0.4, 0.5) is 4.39 Å². The topological polar surface area (TPSA) is 0 Å². The fraction of sp³-hybridized carbons (Fsp3) is 0.143. The van der Waals surface area contributed by atoms with Gasteiger partial charge in [-0.15, -0.1) is 11.8 Å². The van der Waals surface area contributed by atoms with Gasteiger partial charge in [0.2, 0.25) is 0 Å². The van der Waals surface area contributed by atoms with E-state index in [-0.39, 0.29) is 5.82 Å². The molecule has 0 aliphatic carbocycles. The van der Waals surface area contributed by atoms with Gasteiger partial charge in [-0.25, -0.2) is 4.39 Å². The number of halogens is 2.